The lowest BCUT2D eigenvalue weighted by molar-refractivity contribution is -0.131. The number of carboxylic acids is 1. The van der Waals surface area contributed by atoms with Crippen LogP contribution < -0.4 is 4.74 Å². The standard InChI is InChI=1S/C14H17FO4/c1-2-18-8-3-9-19-13-6-4-11(10-12(13)15)5-7-14(16)17/h4-7,10H,2-3,8-9H2,1H3,(H,16,17)/b7-5+. The highest BCUT2D eigenvalue weighted by atomic mass is 19.1. The zero-order valence-corrected chi connectivity index (χ0v) is 10.8. The molecule has 0 unspecified atom stereocenters. The Morgan fingerprint density at radius 1 is 1.42 bits per heavy atom. The molecular formula is C14H17FO4. The smallest absolute Gasteiger partial charge is 0.328 e. The van der Waals surface area contributed by atoms with E-state index >= 15 is 0 Å². The van der Waals surface area contributed by atoms with Gasteiger partial charge in [0.05, 0.1) is 6.61 Å². The maximum absolute atomic E-state index is 13.6. The average molecular weight is 268 g/mol. The molecule has 5 heteroatoms. The molecule has 0 amide bonds. The van der Waals surface area contributed by atoms with E-state index in [1.54, 1.807) is 6.07 Å². The lowest BCUT2D eigenvalue weighted by atomic mass is 10.2. The van der Waals surface area contributed by atoms with Gasteiger partial charge in [0.2, 0.25) is 0 Å². The van der Waals surface area contributed by atoms with Gasteiger partial charge in [0.25, 0.3) is 0 Å². The van der Waals surface area contributed by atoms with Gasteiger partial charge in [-0.1, -0.05) is 6.07 Å². The highest BCUT2D eigenvalue weighted by Gasteiger charge is 2.03. The summed E-state index contributed by atoms with van der Waals surface area (Å²) in [6.45, 7) is 3.52. The SMILES string of the molecule is CCOCCCOc1ccc(/C=C/C(=O)O)cc1F. The van der Waals surface area contributed by atoms with E-state index in [0.29, 0.717) is 31.8 Å². The third kappa shape index (κ3) is 6.01. The summed E-state index contributed by atoms with van der Waals surface area (Å²) < 4.78 is 24.0. The summed E-state index contributed by atoms with van der Waals surface area (Å²) in [7, 11) is 0. The van der Waals surface area contributed by atoms with Crippen molar-refractivity contribution < 1.29 is 23.8 Å². The van der Waals surface area contributed by atoms with Crippen LogP contribution in [0, 0.1) is 5.82 Å². The molecule has 0 aliphatic carbocycles. The van der Waals surface area contributed by atoms with Crippen LogP contribution in [0.25, 0.3) is 6.08 Å². The third-order valence-corrected chi connectivity index (χ3v) is 2.27. The lowest BCUT2D eigenvalue weighted by Gasteiger charge is -2.07. The molecule has 0 saturated heterocycles. The third-order valence-electron chi connectivity index (χ3n) is 2.27. The first-order valence-corrected chi connectivity index (χ1v) is 6.04. The Kier molecular flexibility index (Phi) is 6.60. The fourth-order valence-electron chi connectivity index (χ4n) is 1.39. The summed E-state index contributed by atoms with van der Waals surface area (Å²) in [6.07, 6.45) is 2.97. The minimum atomic E-state index is -1.07. The molecule has 104 valence electrons. The normalized spacial score (nSPS) is 10.8. The van der Waals surface area contributed by atoms with Crippen LogP contribution in [0.4, 0.5) is 4.39 Å². The summed E-state index contributed by atoms with van der Waals surface area (Å²) >= 11 is 0. The minimum Gasteiger partial charge on any atom is -0.490 e. The van der Waals surface area contributed by atoms with Gasteiger partial charge in [-0.2, -0.15) is 0 Å². The molecular weight excluding hydrogens is 251 g/mol. The van der Waals surface area contributed by atoms with Crippen molar-refractivity contribution in [1.82, 2.24) is 0 Å². The number of rotatable bonds is 8. The Morgan fingerprint density at radius 2 is 2.21 bits per heavy atom. The van der Waals surface area contributed by atoms with Crippen molar-refractivity contribution in [3.63, 3.8) is 0 Å². The molecule has 0 bridgehead atoms. The van der Waals surface area contributed by atoms with Gasteiger partial charge in [0.15, 0.2) is 11.6 Å². The zero-order valence-electron chi connectivity index (χ0n) is 10.8. The first-order valence-electron chi connectivity index (χ1n) is 6.04. The van der Waals surface area contributed by atoms with Crippen molar-refractivity contribution in [1.29, 1.82) is 0 Å². The molecule has 0 aliphatic rings. The monoisotopic (exact) mass is 268 g/mol. The fourth-order valence-corrected chi connectivity index (χ4v) is 1.39. The molecule has 0 spiro atoms. The molecule has 19 heavy (non-hydrogen) atoms. The molecule has 0 heterocycles. The van der Waals surface area contributed by atoms with Gasteiger partial charge in [-0.15, -0.1) is 0 Å². The van der Waals surface area contributed by atoms with Gasteiger partial charge in [0.1, 0.15) is 0 Å². The molecule has 0 atom stereocenters. The number of aliphatic carboxylic acids is 1. The Balaban J connectivity index is 2.50. The highest BCUT2D eigenvalue weighted by molar-refractivity contribution is 5.85. The summed E-state index contributed by atoms with van der Waals surface area (Å²) in [6, 6.07) is 4.31. The van der Waals surface area contributed by atoms with Crippen LogP contribution in [-0.4, -0.2) is 30.9 Å². The molecule has 0 aliphatic heterocycles. The zero-order chi connectivity index (χ0) is 14.1. The maximum atomic E-state index is 13.6. The number of carbonyl (C=O) groups is 1. The lowest BCUT2D eigenvalue weighted by Crippen LogP contribution is -2.04. The highest BCUT2D eigenvalue weighted by Crippen LogP contribution is 2.19. The van der Waals surface area contributed by atoms with Crippen molar-refractivity contribution in [2.75, 3.05) is 19.8 Å². The molecule has 0 aromatic heterocycles. The number of hydrogen-bond acceptors (Lipinski definition) is 3. The molecule has 0 radical (unpaired) electrons. The largest absolute Gasteiger partial charge is 0.490 e. The van der Waals surface area contributed by atoms with E-state index < -0.39 is 11.8 Å². The van der Waals surface area contributed by atoms with Crippen LogP contribution >= 0.6 is 0 Å². The van der Waals surface area contributed by atoms with E-state index in [0.717, 1.165) is 6.08 Å². The molecule has 0 fully saturated rings. The average Bonchev–Trinajstić information content (AvgIpc) is 2.38. The molecule has 1 aromatic carbocycles. The first kappa shape index (κ1) is 15.2. The van der Waals surface area contributed by atoms with Crippen LogP contribution in [0.2, 0.25) is 0 Å². The van der Waals surface area contributed by atoms with E-state index in [1.165, 1.54) is 18.2 Å². The molecule has 0 saturated carbocycles. The van der Waals surface area contributed by atoms with Crippen LogP contribution in [0.15, 0.2) is 24.3 Å². The second-order valence-electron chi connectivity index (χ2n) is 3.76. The maximum Gasteiger partial charge on any atom is 0.328 e. The van der Waals surface area contributed by atoms with Gasteiger partial charge in [0, 0.05) is 25.7 Å². The minimum absolute atomic E-state index is 0.156. The van der Waals surface area contributed by atoms with E-state index in [4.69, 9.17) is 14.6 Å². The second-order valence-corrected chi connectivity index (χ2v) is 3.76. The van der Waals surface area contributed by atoms with Gasteiger partial charge < -0.3 is 14.6 Å². The summed E-state index contributed by atoms with van der Waals surface area (Å²) in [4.78, 5) is 10.3. The van der Waals surface area contributed by atoms with Crippen molar-refractivity contribution in [2.45, 2.75) is 13.3 Å². The number of halogens is 1. The number of benzene rings is 1. The predicted molar refractivity (Wildman–Crippen MR) is 69.7 cm³/mol. The Bertz CT molecular complexity index is 443. The molecule has 1 N–H and O–H groups in total. The van der Waals surface area contributed by atoms with E-state index in [2.05, 4.69) is 0 Å². The number of hydrogen-bond donors (Lipinski definition) is 1. The van der Waals surface area contributed by atoms with Crippen LogP contribution in [-0.2, 0) is 9.53 Å². The predicted octanol–water partition coefficient (Wildman–Crippen LogP) is 2.73. The van der Waals surface area contributed by atoms with Crippen molar-refractivity contribution in [2.24, 2.45) is 0 Å². The molecule has 1 rings (SSSR count). The first-order chi connectivity index (χ1) is 9.13. The van der Waals surface area contributed by atoms with Gasteiger partial charge in [-0.25, -0.2) is 9.18 Å². The summed E-state index contributed by atoms with van der Waals surface area (Å²) in [5.41, 5.74) is 0.474. The van der Waals surface area contributed by atoms with Gasteiger partial charge in [-0.05, 0) is 30.7 Å². The molecule has 4 nitrogen and oxygen atoms in total. The number of ether oxygens (including phenoxy) is 2. The van der Waals surface area contributed by atoms with E-state index in [9.17, 15) is 9.18 Å². The summed E-state index contributed by atoms with van der Waals surface area (Å²) in [5, 5.41) is 8.47. The second kappa shape index (κ2) is 8.26. The van der Waals surface area contributed by atoms with Crippen molar-refractivity contribution in [3.05, 3.63) is 35.7 Å². The quantitative estimate of drug-likeness (QED) is 0.582. The van der Waals surface area contributed by atoms with E-state index in [1.807, 2.05) is 6.92 Å². The fraction of sp³-hybridized carbons (Fsp3) is 0.357. The van der Waals surface area contributed by atoms with Gasteiger partial charge >= 0.3 is 5.97 Å². The Morgan fingerprint density at radius 3 is 2.84 bits per heavy atom. The number of carboxylic acid groups (broad SMARTS) is 1. The van der Waals surface area contributed by atoms with Gasteiger partial charge in [-0.3, -0.25) is 0 Å². The van der Waals surface area contributed by atoms with Crippen molar-refractivity contribution >= 4 is 12.0 Å². The van der Waals surface area contributed by atoms with Crippen LogP contribution in [0.3, 0.4) is 0 Å². The Labute approximate surface area is 111 Å². The van der Waals surface area contributed by atoms with E-state index in [-0.39, 0.29) is 5.75 Å². The molecule has 1 aromatic rings. The van der Waals surface area contributed by atoms with Crippen molar-refractivity contribution in [3.8, 4) is 5.75 Å². The summed E-state index contributed by atoms with van der Waals surface area (Å²) in [5.74, 6) is -1.43. The van der Waals surface area contributed by atoms with Crippen LogP contribution in [0.1, 0.15) is 18.9 Å². The topological polar surface area (TPSA) is 55.8 Å². The Hall–Kier alpha value is -1.88. The van der Waals surface area contributed by atoms with Crippen LogP contribution in [0.5, 0.6) is 5.75 Å².